The molecule has 0 heterocycles. The molecule has 2 aliphatic rings. The number of rotatable bonds is 11. The fourth-order valence-corrected chi connectivity index (χ4v) is 7.03. The van der Waals surface area contributed by atoms with E-state index in [-0.39, 0.29) is 0 Å². The molecule has 0 N–H and O–H groups in total. The van der Waals surface area contributed by atoms with E-state index in [2.05, 4.69) is 91.0 Å². The first-order valence-electron chi connectivity index (χ1n) is 13.0. The number of fused-ring (bicyclic) bond motifs is 1. The molecule has 32 heavy (non-hydrogen) atoms. The summed E-state index contributed by atoms with van der Waals surface area (Å²) < 4.78 is 0. The minimum Gasteiger partial charge on any atom is -0.0622 e. The molecule has 0 radical (unpaired) electrons. The topological polar surface area (TPSA) is 0 Å². The highest BCUT2D eigenvalue weighted by Crippen LogP contribution is 2.70. The third kappa shape index (κ3) is 5.01. The Morgan fingerprint density at radius 1 is 0.594 bits per heavy atom. The molecule has 1 unspecified atom stereocenters. The van der Waals surface area contributed by atoms with Gasteiger partial charge in [-0.1, -0.05) is 91.0 Å². The fourth-order valence-electron chi connectivity index (χ4n) is 7.03. The van der Waals surface area contributed by atoms with Crippen molar-refractivity contribution >= 4 is 0 Å². The number of hydrogen-bond donors (Lipinski definition) is 0. The lowest BCUT2D eigenvalue weighted by molar-refractivity contribution is 0.179. The van der Waals surface area contributed by atoms with Crippen molar-refractivity contribution in [3.63, 3.8) is 0 Å². The highest BCUT2D eigenvalue weighted by atomic mass is 14.7. The summed E-state index contributed by atoms with van der Waals surface area (Å²) in [4.78, 5) is 0. The monoisotopic (exact) mass is 422 g/mol. The molecule has 0 saturated heterocycles. The molecular weight excluding hydrogens is 384 g/mol. The molecule has 0 nitrogen and oxygen atoms in total. The smallest absolute Gasteiger partial charge is 0.0263 e. The van der Waals surface area contributed by atoms with Gasteiger partial charge in [-0.3, -0.25) is 0 Å². The summed E-state index contributed by atoms with van der Waals surface area (Å²) in [5.41, 5.74) is 5.15. The van der Waals surface area contributed by atoms with Gasteiger partial charge in [0.05, 0.1) is 0 Å². The van der Waals surface area contributed by atoms with Gasteiger partial charge in [0.25, 0.3) is 0 Å². The van der Waals surface area contributed by atoms with Crippen molar-refractivity contribution in [2.45, 2.75) is 64.2 Å². The molecule has 3 atom stereocenters. The van der Waals surface area contributed by atoms with Crippen LogP contribution in [-0.2, 0) is 19.3 Å². The van der Waals surface area contributed by atoms with Crippen LogP contribution in [0.1, 0.15) is 61.6 Å². The van der Waals surface area contributed by atoms with E-state index in [1.165, 1.54) is 80.9 Å². The van der Waals surface area contributed by atoms with Crippen molar-refractivity contribution in [3.05, 3.63) is 108 Å². The standard InChI is InChI=1S/C32H38/c1-4-12-26(13-5-1)18-10-23-32(24-11-19-27-14-6-2-7-15-27)25-22-30-29(31(30)32)21-20-28-16-8-3-9-17-28/h1-9,12-17,29-31H,10-11,18-25H2/t29?,30-,31+/m1/s1. The van der Waals surface area contributed by atoms with E-state index in [1.54, 1.807) is 0 Å². The van der Waals surface area contributed by atoms with E-state index in [0.717, 1.165) is 17.8 Å². The Morgan fingerprint density at radius 3 is 1.56 bits per heavy atom. The second-order valence-electron chi connectivity index (χ2n) is 10.5. The van der Waals surface area contributed by atoms with Crippen LogP contribution in [0, 0.1) is 23.2 Å². The van der Waals surface area contributed by atoms with Crippen molar-refractivity contribution in [3.8, 4) is 0 Å². The third-order valence-corrected chi connectivity index (χ3v) is 8.59. The molecular formula is C32H38. The number of hydrogen-bond acceptors (Lipinski definition) is 0. The molecule has 166 valence electrons. The molecule has 0 heteroatoms. The zero-order valence-electron chi connectivity index (χ0n) is 19.5. The second-order valence-corrected chi connectivity index (χ2v) is 10.5. The lowest BCUT2D eigenvalue weighted by atomic mass is 9.72. The van der Waals surface area contributed by atoms with Crippen molar-refractivity contribution in [1.29, 1.82) is 0 Å². The Balaban J connectivity index is 1.21. The first kappa shape index (κ1) is 21.5. The normalized spacial score (nSPS) is 23.1. The first-order valence-corrected chi connectivity index (χ1v) is 13.0. The van der Waals surface area contributed by atoms with Gasteiger partial charge in [-0.05, 0) is 104 Å². The van der Waals surface area contributed by atoms with Gasteiger partial charge in [0.1, 0.15) is 0 Å². The lowest BCUT2D eigenvalue weighted by Crippen LogP contribution is -2.23. The van der Waals surface area contributed by atoms with Gasteiger partial charge in [-0.25, -0.2) is 0 Å². The lowest BCUT2D eigenvalue weighted by Gasteiger charge is -2.33. The van der Waals surface area contributed by atoms with Crippen molar-refractivity contribution in [2.24, 2.45) is 23.2 Å². The summed E-state index contributed by atoms with van der Waals surface area (Å²) in [6, 6.07) is 33.4. The van der Waals surface area contributed by atoms with E-state index in [0.29, 0.717) is 5.41 Å². The molecule has 0 bridgehead atoms. The van der Waals surface area contributed by atoms with Crippen LogP contribution in [-0.4, -0.2) is 0 Å². The van der Waals surface area contributed by atoms with Gasteiger partial charge in [-0.2, -0.15) is 0 Å². The predicted molar refractivity (Wildman–Crippen MR) is 136 cm³/mol. The Morgan fingerprint density at radius 2 is 1.06 bits per heavy atom. The van der Waals surface area contributed by atoms with E-state index >= 15 is 0 Å². The molecule has 3 aromatic rings. The largest absolute Gasteiger partial charge is 0.0622 e. The maximum absolute atomic E-state index is 2.31. The van der Waals surface area contributed by atoms with Gasteiger partial charge < -0.3 is 0 Å². The summed E-state index contributed by atoms with van der Waals surface area (Å²) in [6.07, 6.45) is 13.7. The zero-order valence-corrected chi connectivity index (χ0v) is 19.5. The van der Waals surface area contributed by atoms with Crippen LogP contribution in [0.3, 0.4) is 0 Å². The molecule has 2 saturated carbocycles. The van der Waals surface area contributed by atoms with Crippen LogP contribution in [0.4, 0.5) is 0 Å². The van der Waals surface area contributed by atoms with Crippen LogP contribution in [0.15, 0.2) is 91.0 Å². The first-order chi connectivity index (χ1) is 15.8. The summed E-state index contributed by atoms with van der Waals surface area (Å²) in [6.45, 7) is 0. The average molecular weight is 423 g/mol. The molecule has 2 aliphatic carbocycles. The van der Waals surface area contributed by atoms with Crippen molar-refractivity contribution in [2.75, 3.05) is 0 Å². The van der Waals surface area contributed by atoms with E-state index in [1.807, 2.05) is 0 Å². The van der Waals surface area contributed by atoms with Gasteiger partial charge in [-0.15, -0.1) is 0 Å². The SMILES string of the molecule is c1ccc(CCCC2(CCCc3ccccc3)CC[C@@H]3C(CCc4ccccc4)[C@@H]32)cc1. The minimum absolute atomic E-state index is 0.607. The van der Waals surface area contributed by atoms with Gasteiger partial charge >= 0.3 is 0 Å². The Hall–Kier alpha value is -2.34. The van der Waals surface area contributed by atoms with Crippen LogP contribution >= 0.6 is 0 Å². The van der Waals surface area contributed by atoms with Crippen molar-refractivity contribution < 1.29 is 0 Å². The van der Waals surface area contributed by atoms with Crippen LogP contribution in [0.25, 0.3) is 0 Å². The molecule has 2 fully saturated rings. The fraction of sp³-hybridized carbons (Fsp3) is 0.438. The molecule has 0 spiro atoms. The highest BCUT2D eigenvalue weighted by molar-refractivity contribution is 5.19. The number of aryl methyl sites for hydroxylation is 3. The Kier molecular flexibility index (Phi) is 6.77. The Labute approximate surface area is 195 Å². The minimum atomic E-state index is 0.607. The second kappa shape index (κ2) is 10.1. The molecule has 3 aromatic carbocycles. The maximum Gasteiger partial charge on any atom is -0.0263 e. The Bertz CT molecular complexity index is 898. The van der Waals surface area contributed by atoms with E-state index in [4.69, 9.17) is 0 Å². The summed E-state index contributed by atoms with van der Waals surface area (Å²) in [7, 11) is 0. The highest BCUT2D eigenvalue weighted by Gasteiger charge is 2.63. The number of benzene rings is 3. The quantitative estimate of drug-likeness (QED) is 0.291. The van der Waals surface area contributed by atoms with Gasteiger partial charge in [0, 0.05) is 0 Å². The molecule has 0 aromatic heterocycles. The third-order valence-electron chi connectivity index (χ3n) is 8.59. The zero-order chi connectivity index (χ0) is 21.6. The van der Waals surface area contributed by atoms with Gasteiger partial charge in [0.15, 0.2) is 0 Å². The van der Waals surface area contributed by atoms with Crippen LogP contribution in [0.5, 0.6) is 0 Å². The summed E-state index contributed by atoms with van der Waals surface area (Å²) in [5.74, 6) is 3.00. The molecule has 5 rings (SSSR count). The van der Waals surface area contributed by atoms with Crippen molar-refractivity contribution in [1.82, 2.24) is 0 Å². The van der Waals surface area contributed by atoms with E-state index in [9.17, 15) is 0 Å². The molecule has 0 aliphatic heterocycles. The molecule has 0 amide bonds. The van der Waals surface area contributed by atoms with Gasteiger partial charge in [0.2, 0.25) is 0 Å². The predicted octanol–water partition coefficient (Wildman–Crippen LogP) is 8.31. The average Bonchev–Trinajstić information content (AvgIpc) is 3.44. The van der Waals surface area contributed by atoms with E-state index < -0.39 is 0 Å². The van der Waals surface area contributed by atoms with Crippen LogP contribution < -0.4 is 0 Å². The summed E-state index contributed by atoms with van der Waals surface area (Å²) >= 11 is 0. The van der Waals surface area contributed by atoms with Crippen LogP contribution in [0.2, 0.25) is 0 Å². The maximum atomic E-state index is 2.31. The summed E-state index contributed by atoms with van der Waals surface area (Å²) in [5, 5.41) is 0.